The zero-order valence-electron chi connectivity index (χ0n) is 11.0. The van der Waals surface area contributed by atoms with Crippen LogP contribution in [0, 0.1) is 0 Å². The van der Waals surface area contributed by atoms with E-state index in [1.165, 1.54) is 57.8 Å². The summed E-state index contributed by atoms with van der Waals surface area (Å²) in [7, 11) is 4.51. The molecule has 2 aliphatic carbocycles. The van der Waals surface area contributed by atoms with Crippen molar-refractivity contribution in [2.75, 3.05) is 14.1 Å². The second-order valence-corrected chi connectivity index (χ2v) is 5.70. The normalized spacial score (nSPS) is 33.2. The van der Waals surface area contributed by atoms with Crippen LogP contribution in [0.2, 0.25) is 0 Å². The summed E-state index contributed by atoms with van der Waals surface area (Å²) in [6.07, 6.45) is 12.8. The molecule has 2 unspecified atom stereocenters. The van der Waals surface area contributed by atoms with Gasteiger partial charge in [-0.25, -0.2) is 0 Å². The van der Waals surface area contributed by atoms with E-state index in [1.54, 1.807) is 0 Å². The third kappa shape index (κ3) is 2.78. The standard InChI is InChI=1S/C14H28N2/c1-15-13-10-5-3-4-6-11-14(13)16(2)12-8-7-9-12/h12-15H,3-11H2,1-2H3. The van der Waals surface area contributed by atoms with Crippen molar-refractivity contribution in [3.05, 3.63) is 0 Å². The zero-order chi connectivity index (χ0) is 11.4. The van der Waals surface area contributed by atoms with Crippen LogP contribution in [0.3, 0.4) is 0 Å². The quantitative estimate of drug-likeness (QED) is 0.793. The second kappa shape index (κ2) is 6.02. The molecule has 2 heteroatoms. The molecule has 2 rings (SSSR count). The highest BCUT2D eigenvalue weighted by Gasteiger charge is 2.31. The molecule has 2 atom stereocenters. The molecule has 2 fully saturated rings. The first-order chi connectivity index (χ1) is 7.83. The lowest BCUT2D eigenvalue weighted by atomic mass is 9.86. The van der Waals surface area contributed by atoms with Crippen LogP contribution in [0.1, 0.15) is 57.8 Å². The summed E-state index contributed by atoms with van der Waals surface area (Å²) in [4.78, 5) is 2.69. The van der Waals surface area contributed by atoms with Crippen LogP contribution in [0.25, 0.3) is 0 Å². The topological polar surface area (TPSA) is 15.3 Å². The van der Waals surface area contributed by atoms with E-state index >= 15 is 0 Å². The van der Waals surface area contributed by atoms with Crippen LogP contribution < -0.4 is 5.32 Å². The maximum absolute atomic E-state index is 3.56. The average Bonchev–Trinajstić information content (AvgIpc) is 2.14. The fraction of sp³-hybridized carbons (Fsp3) is 1.00. The molecule has 0 radical (unpaired) electrons. The highest BCUT2D eigenvalue weighted by Crippen LogP contribution is 2.29. The van der Waals surface area contributed by atoms with Crippen molar-refractivity contribution in [3.63, 3.8) is 0 Å². The molecule has 0 aromatic carbocycles. The first kappa shape index (κ1) is 12.4. The molecule has 0 aromatic rings. The van der Waals surface area contributed by atoms with E-state index in [4.69, 9.17) is 0 Å². The Morgan fingerprint density at radius 3 is 2.12 bits per heavy atom. The van der Waals surface area contributed by atoms with Crippen LogP contribution in [0.4, 0.5) is 0 Å². The Morgan fingerprint density at radius 1 is 0.875 bits per heavy atom. The van der Waals surface area contributed by atoms with Gasteiger partial charge in [-0.2, -0.15) is 0 Å². The lowest BCUT2D eigenvalue weighted by Crippen LogP contribution is -2.53. The number of likely N-dealkylation sites (N-methyl/N-ethyl adjacent to an activating group) is 2. The third-order valence-corrected chi connectivity index (χ3v) is 4.77. The smallest absolute Gasteiger partial charge is 0.0249 e. The van der Waals surface area contributed by atoms with Crippen LogP contribution >= 0.6 is 0 Å². The van der Waals surface area contributed by atoms with Gasteiger partial charge in [0.1, 0.15) is 0 Å². The maximum Gasteiger partial charge on any atom is 0.0249 e. The number of nitrogens with one attached hydrogen (secondary N) is 1. The first-order valence-corrected chi connectivity index (χ1v) is 7.22. The molecule has 1 N–H and O–H groups in total. The Balaban J connectivity index is 1.94. The van der Waals surface area contributed by atoms with Gasteiger partial charge in [0.2, 0.25) is 0 Å². The molecular weight excluding hydrogens is 196 g/mol. The van der Waals surface area contributed by atoms with Gasteiger partial charge >= 0.3 is 0 Å². The van der Waals surface area contributed by atoms with Crippen molar-refractivity contribution in [2.45, 2.75) is 75.9 Å². The predicted molar refractivity (Wildman–Crippen MR) is 69.7 cm³/mol. The van der Waals surface area contributed by atoms with E-state index in [9.17, 15) is 0 Å². The first-order valence-electron chi connectivity index (χ1n) is 7.22. The van der Waals surface area contributed by atoms with E-state index in [-0.39, 0.29) is 0 Å². The minimum absolute atomic E-state index is 0.728. The van der Waals surface area contributed by atoms with Gasteiger partial charge in [0.05, 0.1) is 0 Å². The van der Waals surface area contributed by atoms with Crippen molar-refractivity contribution < 1.29 is 0 Å². The molecule has 0 bridgehead atoms. The van der Waals surface area contributed by atoms with E-state index < -0.39 is 0 Å². The summed E-state index contributed by atoms with van der Waals surface area (Å²) >= 11 is 0. The average molecular weight is 224 g/mol. The monoisotopic (exact) mass is 224 g/mol. The number of hydrogen-bond acceptors (Lipinski definition) is 2. The lowest BCUT2D eigenvalue weighted by molar-refractivity contribution is 0.0759. The molecule has 16 heavy (non-hydrogen) atoms. The Hall–Kier alpha value is -0.0800. The largest absolute Gasteiger partial charge is 0.315 e. The number of nitrogens with zero attached hydrogens (tertiary/aromatic N) is 1. The SMILES string of the molecule is CNC1CCCCCCC1N(C)C1CCC1. The van der Waals surface area contributed by atoms with Gasteiger partial charge in [-0.1, -0.05) is 32.1 Å². The Labute approximate surface area is 101 Å². The number of hydrogen-bond donors (Lipinski definition) is 1. The third-order valence-electron chi connectivity index (χ3n) is 4.77. The molecule has 2 aliphatic rings. The zero-order valence-corrected chi connectivity index (χ0v) is 11.0. The van der Waals surface area contributed by atoms with Crippen LogP contribution in [0.15, 0.2) is 0 Å². The van der Waals surface area contributed by atoms with Crippen molar-refractivity contribution >= 4 is 0 Å². The van der Waals surface area contributed by atoms with Crippen molar-refractivity contribution in [1.29, 1.82) is 0 Å². The van der Waals surface area contributed by atoms with Gasteiger partial charge in [0, 0.05) is 18.1 Å². The van der Waals surface area contributed by atoms with Crippen molar-refractivity contribution in [3.8, 4) is 0 Å². The summed E-state index contributed by atoms with van der Waals surface area (Å²) in [6, 6.07) is 2.40. The van der Waals surface area contributed by atoms with E-state index in [1.807, 2.05) is 0 Å². The van der Waals surface area contributed by atoms with Crippen LogP contribution in [0.5, 0.6) is 0 Å². The van der Waals surface area contributed by atoms with Crippen LogP contribution in [-0.2, 0) is 0 Å². The second-order valence-electron chi connectivity index (χ2n) is 5.70. The van der Waals surface area contributed by atoms with Gasteiger partial charge in [-0.15, -0.1) is 0 Å². The highest BCUT2D eigenvalue weighted by molar-refractivity contribution is 4.89. The summed E-state index contributed by atoms with van der Waals surface area (Å²) < 4.78 is 0. The van der Waals surface area contributed by atoms with E-state index in [2.05, 4.69) is 24.3 Å². The van der Waals surface area contributed by atoms with Crippen molar-refractivity contribution in [2.24, 2.45) is 0 Å². The molecule has 2 saturated carbocycles. The van der Waals surface area contributed by atoms with Gasteiger partial charge in [-0.3, -0.25) is 4.90 Å². The molecule has 0 spiro atoms. The Bertz CT molecular complexity index is 199. The molecule has 0 aliphatic heterocycles. The van der Waals surface area contributed by atoms with E-state index in [0.717, 1.165) is 18.1 Å². The minimum atomic E-state index is 0.728. The summed E-state index contributed by atoms with van der Waals surface area (Å²) in [5.41, 5.74) is 0. The fourth-order valence-electron chi connectivity index (χ4n) is 3.35. The summed E-state index contributed by atoms with van der Waals surface area (Å²) in [5, 5.41) is 3.56. The molecule has 0 amide bonds. The predicted octanol–water partition coefficient (Wildman–Crippen LogP) is 2.78. The summed E-state index contributed by atoms with van der Waals surface area (Å²) in [6.45, 7) is 0. The highest BCUT2D eigenvalue weighted by atomic mass is 15.2. The van der Waals surface area contributed by atoms with Gasteiger partial charge in [-0.05, 0) is 39.8 Å². The Kier molecular flexibility index (Phi) is 4.66. The van der Waals surface area contributed by atoms with Crippen LogP contribution in [-0.4, -0.2) is 37.1 Å². The lowest BCUT2D eigenvalue weighted by Gasteiger charge is -2.44. The molecular formula is C14H28N2. The minimum Gasteiger partial charge on any atom is -0.315 e. The molecule has 94 valence electrons. The van der Waals surface area contributed by atoms with Crippen molar-refractivity contribution in [1.82, 2.24) is 10.2 Å². The van der Waals surface area contributed by atoms with Gasteiger partial charge < -0.3 is 5.32 Å². The van der Waals surface area contributed by atoms with Gasteiger partial charge in [0.25, 0.3) is 0 Å². The number of rotatable bonds is 3. The molecule has 2 nitrogen and oxygen atoms in total. The molecule has 0 aromatic heterocycles. The van der Waals surface area contributed by atoms with Gasteiger partial charge in [0.15, 0.2) is 0 Å². The Morgan fingerprint density at radius 2 is 1.56 bits per heavy atom. The molecule has 0 heterocycles. The molecule has 0 saturated heterocycles. The summed E-state index contributed by atoms with van der Waals surface area (Å²) in [5.74, 6) is 0. The maximum atomic E-state index is 3.56. The van der Waals surface area contributed by atoms with E-state index in [0.29, 0.717) is 0 Å². The fourth-order valence-corrected chi connectivity index (χ4v) is 3.35.